The number of benzene rings is 1. The van der Waals surface area contributed by atoms with E-state index in [0.717, 1.165) is 18.9 Å². The first-order valence-corrected chi connectivity index (χ1v) is 6.71. The summed E-state index contributed by atoms with van der Waals surface area (Å²) in [6.45, 7) is 2.23. The number of nitrogens with zero attached hydrogens (tertiary/aromatic N) is 2. The highest BCUT2D eigenvalue weighted by Crippen LogP contribution is 2.28. The first-order chi connectivity index (χ1) is 9.70. The lowest BCUT2D eigenvalue weighted by Crippen LogP contribution is -2.07. The minimum absolute atomic E-state index is 0.0771. The van der Waals surface area contributed by atoms with Gasteiger partial charge in [-0.1, -0.05) is 0 Å². The Hall–Kier alpha value is -2.13. The third kappa shape index (κ3) is 4.21. The molecule has 0 atom stereocenters. The van der Waals surface area contributed by atoms with Crippen LogP contribution in [0.25, 0.3) is 0 Å². The quantitative estimate of drug-likeness (QED) is 0.447. The molecule has 1 saturated carbocycles. The zero-order valence-corrected chi connectivity index (χ0v) is 11.2. The van der Waals surface area contributed by atoms with Gasteiger partial charge in [-0.05, 0) is 37.3 Å². The van der Waals surface area contributed by atoms with E-state index >= 15 is 0 Å². The lowest BCUT2D eigenvalue weighted by molar-refractivity contribution is -0.385. The summed E-state index contributed by atoms with van der Waals surface area (Å²) in [5, 5.41) is 22.7. The fourth-order valence-electron chi connectivity index (χ4n) is 1.83. The Morgan fingerprint density at radius 1 is 1.50 bits per heavy atom. The molecule has 1 fully saturated rings. The molecular weight excluding hydrogens is 258 g/mol. The van der Waals surface area contributed by atoms with E-state index in [2.05, 4.69) is 5.32 Å². The molecule has 0 radical (unpaired) electrons. The average Bonchev–Trinajstić information content (AvgIpc) is 3.26. The molecule has 6 heteroatoms. The van der Waals surface area contributed by atoms with Crippen LogP contribution < -0.4 is 5.32 Å². The predicted molar refractivity (Wildman–Crippen MR) is 74.5 cm³/mol. The van der Waals surface area contributed by atoms with Gasteiger partial charge in [-0.15, -0.1) is 0 Å². The Morgan fingerprint density at radius 3 is 2.95 bits per heavy atom. The number of hydrogen-bond acceptors (Lipinski definition) is 5. The predicted octanol–water partition coefficient (Wildman–Crippen LogP) is 2.70. The van der Waals surface area contributed by atoms with Crippen molar-refractivity contribution in [2.24, 2.45) is 5.92 Å². The molecule has 1 aliphatic rings. The maximum absolute atomic E-state index is 10.8. The molecule has 0 bridgehead atoms. The van der Waals surface area contributed by atoms with E-state index in [-0.39, 0.29) is 11.3 Å². The van der Waals surface area contributed by atoms with Crippen LogP contribution >= 0.6 is 0 Å². The molecule has 1 aliphatic carbocycles. The van der Waals surface area contributed by atoms with Crippen LogP contribution in [-0.4, -0.2) is 24.7 Å². The summed E-state index contributed by atoms with van der Waals surface area (Å²) in [6.07, 6.45) is 3.42. The van der Waals surface area contributed by atoms with Crippen LogP contribution in [0.5, 0.6) is 0 Å². The number of nitro benzene ring substituents is 1. The average molecular weight is 275 g/mol. The van der Waals surface area contributed by atoms with Gasteiger partial charge in [0.2, 0.25) is 0 Å². The molecule has 2 rings (SSSR count). The summed E-state index contributed by atoms with van der Waals surface area (Å²) in [4.78, 5) is 10.3. The monoisotopic (exact) mass is 275 g/mol. The van der Waals surface area contributed by atoms with Crippen LogP contribution in [0.3, 0.4) is 0 Å². The Labute approximate surface area is 117 Å². The molecule has 106 valence electrons. The highest BCUT2D eigenvalue weighted by atomic mass is 16.6. The second kappa shape index (κ2) is 6.87. The summed E-state index contributed by atoms with van der Waals surface area (Å²) >= 11 is 0. The van der Waals surface area contributed by atoms with Crippen LogP contribution in [0.4, 0.5) is 11.4 Å². The van der Waals surface area contributed by atoms with E-state index in [4.69, 9.17) is 10.00 Å². The van der Waals surface area contributed by atoms with Crippen molar-refractivity contribution in [1.82, 2.24) is 0 Å². The van der Waals surface area contributed by atoms with Gasteiger partial charge in [0.15, 0.2) is 0 Å². The lowest BCUT2D eigenvalue weighted by Gasteiger charge is -2.07. The lowest BCUT2D eigenvalue weighted by atomic mass is 10.2. The number of nitriles is 1. The Kier molecular flexibility index (Phi) is 4.91. The SMILES string of the molecule is N#Cc1ccc(NCCCOCC2CC2)cc1[N+](=O)[O-]. The second-order valence-electron chi connectivity index (χ2n) is 4.90. The topological polar surface area (TPSA) is 88.2 Å². The van der Waals surface area contributed by atoms with Gasteiger partial charge in [0.05, 0.1) is 4.92 Å². The summed E-state index contributed by atoms with van der Waals surface area (Å²) in [6, 6.07) is 6.35. The van der Waals surface area contributed by atoms with Crippen LogP contribution in [0, 0.1) is 27.4 Å². The van der Waals surface area contributed by atoms with E-state index in [0.29, 0.717) is 18.8 Å². The number of rotatable bonds is 8. The van der Waals surface area contributed by atoms with Crippen molar-refractivity contribution in [3.05, 3.63) is 33.9 Å². The summed E-state index contributed by atoms with van der Waals surface area (Å²) in [5.74, 6) is 0.768. The molecule has 1 aromatic carbocycles. The van der Waals surface area contributed by atoms with Crippen LogP contribution in [-0.2, 0) is 4.74 Å². The van der Waals surface area contributed by atoms with Crippen molar-refractivity contribution < 1.29 is 9.66 Å². The van der Waals surface area contributed by atoms with Crippen molar-refractivity contribution in [3.8, 4) is 6.07 Å². The van der Waals surface area contributed by atoms with Gasteiger partial charge in [0.25, 0.3) is 5.69 Å². The third-order valence-corrected chi connectivity index (χ3v) is 3.16. The van der Waals surface area contributed by atoms with Crippen molar-refractivity contribution in [2.45, 2.75) is 19.3 Å². The molecule has 0 heterocycles. The fraction of sp³-hybridized carbons (Fsp3) is 0.500. The molecule has 6 nitrogen and oxygen atoms in total. The van der Waals surface area contributed by atoms with Crippen LogP contribution in [0.2, 0.25) is 0 Å². The Morgan fingerprint density at radius 2 is 2.30 bits per heavy atom. The first-order valence-electron chi connectivity index (χ1n) is 6.71. The standard InChI is InChI=1S/C14H17N3O3/c15-9-12-4-5-13(8-14(12)17(18)19)16-6-1-7-20-10-11-2-3-11/h4-5,8,11,16H,1-3,6-7,10H2. The fourth-order valence-corrected chi connectivity index (χ4v) is 1.83. The van der Waals surface area contributed by atoms with Crippen molar-refractivity contribution >= 4 is 11.4 Å². The van der Waals surface area contributed by atoms with Gasteiger partial charge in [-0.2, -0.15) is 5.26 Å². The van der Waals surface area contributed by atoms with Gasteiger partial charge in [0.1, 0.15) is 11.6 Å². The van der Waals surface area contributed by atoms with Crippen molar-refractivity contribution in [3.63, 3.8) is 0 Å². The largest absolute Gasteiger partial charge is 0.385 e. The highest BCUT2D eigenvalue weighted by Gasteiger charge is 2.20. The molecular formula is C14H17N3O3. The summed E-state index contributed by atoms with van der Waals surface area (Å²) in [7, 11) is 0. The molecule has 0 spiro atoms. The maximum Gasteiger partial charge on any atom is 0.289 e. The molecule has 0 aromatic heterocycles. The first kappa shape index (κ1) is 14.3. The van der Waals surface area contributed by atoms with Gasteiger partial charge < -0.3 is 10.1 Å². The molecule has 0 saturated heterocycles. The third-order valence-electron chi connectivity index (χ3n) is 3.16. The van der Waals surface area contributed by atoms with E-state index in [1.165, 1.54) is 25.0 Å². The Balaban J connectivity index is 1.75. The van der Waals surface area contributed by atoms with Gasteiger partial charge >= 0.3 is 0 Å². The molecule has 20 heavy (non-hydrogen) atoms. The van der Waals surface area contributed by atoms with Crippen molar-refractivity contribution in [2.75, 3.05) is 25.1 Å². The van der Waals surface area contributed by atoms with E-state index < -0.39 is 4.92 Å². The minimum Gasteiger partial charge on any atom is -0.385 e. The zero-order valence-electron chi connectivity index (χ0n) is 11.2. The summed E-state index contributed by atoms with van der Waals surface area (Å²) < 4.78 is 5.50. The smallest absolute Gasteiger partial charge is 0.289 e. The molecule has 1 N–H and O–H groups in total. The molecule has 0 aliphatic heterocycles. The molecule has 0 unspecified atom stereocenters. The minimum atomic E-state index is -0.539. The molecule has 1 aromatic rings. The van der Waals surface area contributed by atoms with Crippen molar-refractivity contribution in [1.29, 1.82) is 5.26 Å². The number of hydrogen-bond donors (Lipinski definition) is 1. The molecule has 0 amide bonds. The normalized spacial score (nSPS) is 13.8. The van der Waals surface area contributed by atoms with Gasteiger partial charge in [0, 0.05) is 31.5 Å². The number of ether oxygens (including phenoxy) is 1. The maximum atomic E-state index is 10.8. The van der Waals surface area contributed by atoms with Crippen LogP contribution in [0.15, 0.2) is 18.2 Å². The van der Waals surface area contributed by atoms with E-state index in [1.54, 1.807) is 6.07 Å². The van der Waals surface area contributed by atoms with Gasteiger partial charge in [-0.3, -0.25) is 10.1 Å². The van der Waals surface area contributed by atoms with Gasteiger partial charge in [-0.25, -0.2) is 0 Å². The number of nitrogens with one attached hydrogen (secondary N) is 1. The number of nitro groups is 1. The van der Waals surface area contributed by atoms with E-state index in [9.17, 15) is 10.1 Å². The summed E-state index contributed by atoms with van der Waals surface area (Å²) in [5.41, 5.74) is 0.564. The second-order valence-corrected chi connectivity index (χ2v) is 4.90. The highest BCUT2D eigenvalue weighted by molar-refractivity contribution is 5.59. The Bertz CT molecular complexity index is 521. The van der Waals surface area contributed by atoms with Crippen LogP contribution in [0.1, 0.15) is 24.8 Å². The van der Waals surface area contributed by atoms with E-state index in [1.807, 2.05) is 6.07 Å². The number of anilines is 1. The zero-order chi connectivity index (χ0) is 14.4.